The lowest BCUT2D eigenvalue weighted by Gasteiger charge is -2.51. The van der Waals surface area contributed by atoms with Gasteiger partial charge in [-0.1, -0.05) is 0 Å². The molecule has 1 saturated heterocycles. The van der Waals surface area contributed by atoms with Crippen molar-refractivity contribution in [2.45, 2.75) is 49.3 Å². The smallest absolute Gasteiger partial charge is 0.410 e. The van der Waals surface area contributed by atoms with Gasteiger partial charge in [0.1, 0.15) is 23.0 Å². The van der Waals surface area contributed by atoms with E-state index in [0.717, 1.165) is 6.20 Å². The Hall–Kier alpha value is -2.92. The Morgan fingerprint density at radius 3 is 2.70 bits per heavy atom. The average molecular weight is 480 g/mol. The number of carbonyl (C=O) groups is 1. The Bertz CT molecular complexity index is 1170. The van der Waals surface area contributed by atoms with Crippen LogP contribution in [0.15, 0.2) is 41.5 Å². The van der Waals surface area contributed by atoms with Gasteiger partial charge in [0.15, 0.2) is 0 Å². The number of thiol groups is 1. The molecule has 1 aromatic heterocycles. The predicted molar refractivity (Wildman–Crippen MR) is 124 cm³/mol. The number of aromatic nitrogens is 1. The number of amidine groups is 1. The Kier molecular flexibility index (Phi) is 5.73. The third-order valence-electron chi connectivity index (χ3n) is 6.61. The highest BCUT2D eigenvalue weighted by atomic mass is 32.3. The molecule has 1 amide bonds. The van der Waals surface area contributed by atoms with Crippen LogP contribution in [0.4, 0.5) is 19.3 Å². The average Bonchev–Trinajstić information content (AvgIpc) is 3.17. The fourth-order valence-corrected chi connectivity index (χ4v) is 8.41. The van der Waals surface area contributed by atoms with Crippen LogP contribution in [-0.4, -0.2) is 42.8 Å². The van der Waals surface area contributed by atoms with Crippen molar-refractivity contribution in [1.29, 1.82) is 0 Å². The third kappa shape index (κ3) is 3.89. The fraction of sp³-hybridized carbons (Fsp3) is 0.409. The molecule has 0 unspecified atom stereocenters. The zero-order valence-corrected chi connectivity index (χ0v) is 19.4. The summed E-state index contributed by atoms with van der Waals surface area (Å²) < 4.78 is 44.5. The van der Waals surface area contributed by atoms with E-state index >= 15 is 4.39 Å². The van der Waals surface area contributed by atoms with Crippen LogP contribution in [0.3, 0.4) is 0 Å². The van der Waals surface area contributed by atoms with E-state index in [1.165, 1.54) is 12.1 Å². The van der Waals surface area contributed by atoms with Gasteiger partial charge in [0.2, 0.25) is 0 Å². The summed E-state index contributed by atoms with van der Waals surface area (Å²) in [5, 5.41) is 14.3. The van der Waals surface area contributed by atoms with Crippen LogP contribution >= 0.6 is 0 Å². The Labute approximate surface area is 191 Å². The lowest BCUT2D eigenvalue weighted by Crippen LogP contribution is -2.65. The van der Waals surface area contributed by atoms with Gasteiger partial charge in [-0.05, 0) is 67.6 Å². The summed E-state index contributed by atoms with van der Waals surface area (Å²) in [5.74, 6) is -0.923. The van der Waals surface area contributed by atoms with E-state index in [2.05, 4.69) is 25.3 Å². The SMILES string of the molecule is CC1(C)C(NC(=O)O)=N[C@](C)(c2cc(NCc3ccc(F)cn3)ccc2F)[C@@H]2CCN[SH]21=O. The number of hydrogen-bond donors (Lipinski definition) is 5. The largest absolute Gasteiger partial charge is 0.465 e. The molecule has 8 nitrogen and oxygen atoms in total. The maximum atomic E-state index is 15.2. The van der Waals surface area contributed by atoms with Crippen LogP contribution in [0.25, 0.3) is 0 Å². The molecule has 4 rings (SSSR count). The van der Waals surface area contributed by atoms with Crippen LogP contribution in [0.5, 0.6) is 0 Å². The zero-order valence-electron chi connectivity index (χ0n) is 18.5. The van der Waals surface area contributed by atoms with Gasteiger partial charge in [0.25, 0.3) is 0 Å². The normalized spacial score (nSPS) is 26.1. The van der Waals surface area contributed by atoms with Crippen LogP contribution < -0.4 is 15.4 Å². The first-order chi connectivity index (χ1) is 15.5. The second kappa shape index (κ2) is 8.14. The first-order valence-electron chi connectivity index (χ1n) is 10.6. The number of benzene rings is 1. The number of carboxylic acid groups (broad SMARTS) is 1. The highest BCUT2D eigenvalue weighted by molar-refractivity contribution is 8.04. The summed E-state index contributed by atoms with van der Waals surface area (Å²) >= 11 is 0. The van der Waals surface area contributed by atoms with E-state index in [9.17, 15) is 18.5 Å². The monoisotopic (exact) mass is 479 g/mol. The number of halogens is 2. The van der Waals surface area contributed by atoms with Gasteiger partial charge in [-0.3, -0.25) is 24.2 Å². The second-order valence-electron chi connectivity index (χ2n) is 8.98. The molecule has 0 spiro atoms. The van der Waals surface area contributed by atoms with Gasteiger partial charge in [-0.25, -0.2) is 13.6 Å². The summed E-state index contributed by atoms with van der Waals surface area (Å²) in [7, 11) is -3.22. The lowest BCUT2D eigenvalue weighted by molar-refractivity contribution is 0.199. The molecular formula is C22H27F2N5O3S. The summed E-state index contributed by atoms with van der Waals surface area (Å²) in [4.78, 5) is 20.1. The van der Waals surface area contributed by atoms with Crippen molar-refractivity contribution in [3.8, 4) is 0 Å². The van der Waals surface area contributed by atoms with Gasteiger partial charge in [-0.15, -0.1) is 0 Å². The molecule has 1 aromatic carbocycles. The minimum atomic E-state index is -3.22. The number of nitrogens with zero attached hydrogens (tertiary/aromatic N) is 2. The minimum absolute atomic E-state index is 0.0414. The lowest BCUT2D eigenvalue weighted by atomic mass is 9.85. The number of pyridine rings is 1. The number of anilines is 1. The number of aliphatic imine (C=N–C) groups is 1. The Balaban J connectivity index is 1.75. The van der Waals surface area contributed by atoms with Crippen molar-refractivity contribution in [2.75, 3.05) is 11.9 Å². The van der Waals surface area contributed by atoms with Gasteiger partial charge in [0, 0.05) is 17.8 Å². The maximum Gasteiger partial charge on any atom is 0.410 e. The Morgan fingerprint density at radius 2 is 2.03 bits per heavy atom. The van der Waals surface area contributed by atoms with E-state index in [4.69, 9.17) is 0 Å². The van der Waals surface area contributed by atoms with Gasteiger partial charge in [0.05, 0.1) is 28.4 Å². The van der Waals surface area contributed by atoms with Crippen molar-refractivity contribution in [2.24, 2.45) is 4.99 Å². The molecule has 4 N–H and O–H groups in total. The molecule has 0 saturated carbocycles. The number of hydrogen-bond acceptors (Lipinski definition) is 5. The molecule has 3 heterocycles. The van der Waals surface area contributed by atoms with E-state index in [1.54, 1.807) is 39.0 Å². The summed E-state index contributed by atoms with van der Waals surface area (Å²) in [6.45, 7) is 5.83. The van der Waals surface area contributed by atoms with Crippen molar-refractivity contribution in [3.63, 3.8) is 0 Å². The van der Waals surface area contributed by atoms with Crippen molar-refractivity contribution in [1.82, 2.24) is 15.0 Å². The molecule has 1 fully saturated rings. The van der Waals surface area contributed by atoms with Gasteiger partial charge >= 0.3 is 6.09 Å². The summed E-state index contributed by atoms with van der Waals surface area (Å²) in [5.41, 5.74) is 0.131. The highest BCUT2D eigenvalue weighted by Crippen LogP contribution is 2.49. The molecule has 2 aliphatic heterocycles. The number of nitrogens with one attached hydrogen (secondary N) is 3. The number of fused-ring (bicyclic) bond motifs is 1. The maximum absolute atomic E-state index is 15.2. The first kappa shape index (κ1) is 23.2. The zero-order chi connectivity index (χ0) is 24.0. The summed E-state index contributed by atoms with van der Waals surface area (Å²) in [6.07, 6.45) is 0.308. The van der Waals surface area contributed by atoms with Crippen molar-refractivity contribution >= 4 is 27.7 Å². The molecule has 178 valence electrons. The van der Waals surface area contributed by atoms with Crippen LogP contribution in [0.2, 0.25) is 0 Å². The standard InChI is InChI=1S/C22H27F2N5O3S/c1-21(2)19(28-20(30)31)29-22(3,18-8-9-27-33(18,21)32)16-10-14(6-7-17(16)24)26-12-15-5-4-13(23)11-25-15/h4-7,10-11,18,26,33H,8-9,12H2,1-3H3,(H,27,32)(H,28,29)(H,30,31)/t18-,22+/m0/s1. The van der Waals surface area contributed by atoms with E-state index in [-0.39, 0.29) is 17.9 Å². The van der Waals surface area contributed by atoms with Crippen molar-refractivity contribution < 1.29 is 22.9 Å². The Morgan fingerprint density at radius 1 is 1.27 bits per heavy atom. The third-order valence-corrected chi connectivity index (χ3v) is 10.8. The van der Waals surface area contributed by atoms with Crippen LogP contribution in [-0.2, 0) is 22.2 Å². The summed E-state index contributed by atoms with van der Waals surface area (Å²) in [6, 6.07) is 7.31. The molecule has 0 bridgehead atoms. The van der Waals surface area contributed by atoms with Gasteiger partial charge in [-0.2, -0.15) is 0 Å². The fourth-order valence-electron chi connectivity index (χ4n) is 4.73. The van der Waals surface area contributed by atoms with E-state index < -0.39 is 43.4 Å². The topological polar surface area (TPSA) is 116 Å². The predicted octanol–water partition coefficient (Wildman–Crippen LogP) is 2.94. The quantitative estimate of drug-likeness (QED) is 0.433. The van der Waals surface area contributed by atoms with E-state index in [1.807, 2.05) is 0 Å². The number of amides is 1. The molecule has 33 heavy (non-hydrogen) atoms. The molecule has 2 aliphatic rings. The molecule has 0 aliphatic carbocycles. The molecular weight excluding hydrogens is 452 g/mol. The minimum Gasteiger partial charge on any atom is -0.465 e. The van der Waals surface area contributed by atoms with Crippen molar-refractivity contribution in [3.05, 3.63) is 59.4 Å². The molecule has 2 atom stereocenters. The van der Waals surface area contributed by atoms with Crippen LogP contribution in [0.1, 0.15) is 38.4 Å². The molecule has 2 aromatic rings. The van der Waals surface area contributed by atoms with E-state index in [0.29, 0.717) is 24.3 Å². The first-order valence-corrected chi connectivity index (χ1v) is 12.3. The molecule has 0 radical (unpaired) electrons. The highest BCUT2D eigenvalue weighted by Gasteiger charge is 2.59. The van der Waals surface area contributed by atoms with Crippen LogP contribution in [0, 0.1) is 11.6 Å². The second-order valence-corrected chi connectivity index (χ2v) is 12.4. The number of rotatable bonds is 4. The van der Waals surface area contributed by atoms with Gasteiger partial charge < -0.3 is 10.4 Å². The molecule has 11 heteroatoms.